The molecule has 0 saturated carbocycles. The van der Waals surface area contributed by atoms with Crippen LogP contribution >= 0.6 is 0 Å². The molecular formula is C12H22OS. The average molecular weight is 214 g/mol. The fourth-order valence-electron chi connectivity index (χ4n) is 0.625. The van der Waals surface area contributed by atoms with E-state index in [1.807, 2.05) is 0 Å². The van der Waals surface area contributed by atoms with Crippen molar-refractivity contribution < 1.29 is 4.21 Å². The fraction of sp³-hybridized carbons (Fsp3) is 0.500. The Kier molecular flexibility index (Phi) is 14.0. The Morgan fingerprint density at radius 2 is 1.86 bits per heavy atom. The Morgan fingerprint density at radius 1 is 1.36 bits per heavy atom. The third kappa shape index (κ3) is 13.9. The van der Waals surface area contributed by atoms with Crippen LogP contribution in [0.15, 0.2) is 36.3 Å². The van der Waals surface area contributed by atoms with Crippen LogP contribution in [0.2, 0.25) is 0 Å². The Hall–Kier alpha value is -0.630. The summed E-state index contributed by atoms with van der Waals surface area (Å²) in [7, 11) is -0.941. The molecule has 0 aromatic carbocycles. The van der Waals surface area contributed by atoms with Crippen LogP contribution in [-0.4, -0.2) is 10.5 Å². The number of unbranched alkanes of at least 4 members (excludes halogenated alkanes) is 2. The first-order valence-corrected chi connectivity index (χ1v) is 6.47. The van der Waals surface area contributed by atoms with Gasteiger partial charge in [-0.1, -0.05) is 58.4 Å². The highest BCUT2D eigenvalue weighted by Gasteiger charge is 1.88. The molecule has 0 heterocycles. The van der Waals surface area contributed by atoms with Gasteiger partial charge in [-0.25, -0.2) is 0 Å². The van der Waals surface area contributed by atoms with Crippen molar-refractivity contribution in [2.45, 2.75) is 33.1 Å². The van der Waals surface area contributed by atoms with Crippen LogP contribution in [0.25, 0.3) is 0 Å². The van der Waals surface area contributed by atoms with Crippen molar-refractivity contribution in [1.82, 2.24) is 0 Å². The van der Waals surface area contributed by atoms with Crippen molar-refractivity contribution in [3.63, 3.8) is 0 Å². The van der Waals surface area contributed by atoms with E-state index >= 15 is 0 Å². The second-order valence-corrected chi connectivity index (χ2v) is 4.30. The molecule has 0 aromatic rings. The summed E-state index contributed by atoms with van der Waals surface area (Å²) in [6.07, 6.45) is 10.7. The first kappa shape index (κ1) is 15.8. The molecule has 0 saturated heterocycles. The van der Waals surface area contributed by atoms with Gasteiger partial charge in [-0.2, -0.15) is 0 Å². The van der Waals surface area contributed by atoms with E-state index in [1.54, 1.807) is 24.5 Å². The van der Waals surface area contributed by atoms with E-state index in [4.69, 9.17) is 0 Å². The Morgan fingerprint density at radius 3 is 2.07 bits per heavy atom. The van der Waals surface area contributed by atoms with Gasteiger partial charge in [0, 0.05) is 22.0 Å². The van der Waals surface area contributed by atoms with E-state index in [1.165, 1.54) is 19.3 Å². The van der Waals surface area contributed by atoms with Gasteiger partial charge in [0.25, 0.3) is 0 Å². The second kappa shape index (κ2) is 12.4. The number of allylic oxidation sites excluding steroid dienone is 3. The Labute approximate surface area is 91.1 Å². The molecule has 1 nitrogen and oxygen atoms in total. The van der Waals surface area contributed by atoms with Gasteiger partial charge in [0.05, 0.1) is 0 Å². The predicted molar refractivity (Wildman–Crippen MR) is 67.7 cm³/mol. The van der Waals surface area contributed by atoms with Gasteiger partial charge in [-0.05, 0) is 6.08 Å². The van der Waals surface area contributed by atoms with Crippen molar-refractivity contribution in [3.8, 4) is 0 Å². The molecule has 14 heavy (non-hydrogen) atoms. The van der Waals surface area contributed by atoms with Crippen LogP contribution in [0.5, 0.6) is 0 Å². The zero-order valence-electron chi connectivity index (χ0n) is 9.58. The normalized spacial score (nSPS) is 11.6. The molecule has 0 aliphatic heterocycles. The Bertz CT molecular complexity index is 202. The highest BCUT2D eigenvalue weighted by molar-refractivity contribution is 7.88. The van der Waals surface area contributed by atoms with Crippen molar-refractivity contribution in [1.29, 1.82) is 0 Å². The predicted octanol–water partition coefficient (Wildman–Crippen LogP) is 3.82. The van der Waals surface area contributed by atoms with Gasteiger partial charge in [-0.3, -0.25) is 4.21 Å². The van der Waals surface area contributed by atoms with Crippen molar-refractivity contribution >= 4 is 10.8 Å². The molecule has 1 unspecified atom stereocenters. The molecule has 0 aromatic heterocycles. The van der Waals surface area contributed by atoms with Gasteiger partial charge in [-0.15, -0.1) is 0 Å². The maximum Gasteiger partial charge on any atom is 0.0492 e. The first-order chi connectivity index (χ1) is 6.59. The standard InChI is InChI=1S/C7H10OS.C5H12/c1-4-5-6-7(2)9(3)8;1-3-5-4-2/h4-6H,1-2H2,3H3;3-5H2,1-2H3/b6-5-;. The highest BCUT2D eigenvalue weighted by Crippen LogP contribution is 1.96. The zero-order chi connectivity index (χ0) is 11.4. The molecule has 82 valence electrons. The van der Waals surface area contributed by atoms with Crippen LogP contribution in [0, 0.1) is 0 Å². The minimum absolute atomic E-state index is 0.620. The molecule has 0 radical (unpaired) electrons. The smallest absolute Gasteiger partial charge is 0.0492 e. The summed E-state index contributed by atoms with van der Waals surface area (Å²) in [4.78, 5) is 0.620. The summed E-state index contributed by atoms with van der Waals surface area (Å²) < 4.78 is 10.6. The third-order valence-corrected chi connectivity index (χ3v) is 2.37. The summed E-state index contributed by atoms with van der Waals surface area (Å²) in [6.45, 7) is 11.4. The van der Waals surface area contributed by atoms with E-state index < -0.39 is 10.8 Å². The minimum Gasteiger partial charge on any atom is -0.255 e. The number of rotatable bonds is 5. The topological polar surface area (TPSA) is 17.1 Å². The van der Waals surface area contributed by atoms with Gasteiger partial charge in [0.2, 0.25) is 0 Å². The molecule has 0 amide bonds. The lowest BCUT2D eigenvalue weighted by molar-refractivity contribution is 0.691. The van der Waals surface area contributed by atoms with Crippen LogP contribution in [0.4, 0.5) is 0 Å². The minimum atomic E-state index is -0.941. The second-order valence-electron chi connectivity index (χ2n) is 2.87. The summed E-state index contributed by atoms with van der Waals surface area (Å²) in [6, 6.07) is 0. The largest absolute Gasteiger partial charge is 0.255 e. The van der Waals surface area contributed by atoms with Crippen molar-refractivity contribution in [2.24, 2.45) is 0 Å². The lowest BCUT2D eigenvalue weighted by atomic mass is 10.3. The van der Waals surface area contributed by atoms with E-state index in [0.717, 1.165) is 0 Å². The third-order valence-electron chi connectivity index (χ3n) is 1.49. The monoisotopic (exact) mass is 214 g/mol. The molecule has 0 aliphatic carbocycles. The molecule has 0 bridgehead atoms. The quantitative estimate of drug-likeness (QED) is 0.636. The van der Waals surface area contributed by atoms with E-state index in [9.17, 15) is 4.21 Å². The lowest BCUT2D eigenvalue weighted by Crippen LogP contribution is -1.83. The number of hydrogen-bond donors (Lipinski definition) is 0. The molecule has 0 fully saturated rings. The van der Waals surface area contributed by atoms with Crippen LogP contribution < -0.4 is 0 Å². The van der Waals surface area contributed by atoms with Gasteiger partial charge >= 0.3 is 0 Å². The van der Waals surface area contributed by atoms with Gasteiger partial charge in [0.15, 0.2) is 0 Å². The first-order valence-electron chi connectivity index (χ1n) is 4.91. The summed E-state index contributed by atoms with van der Waals surface area (Å²) >= 11 is 0. The Balaban J connectivity index is 0. The molecular weight excluding hydrogens is 192 g/mol. The molecule has 0 N–H and O–H groups in total. The van der Waals surface area contributed by atoms with Gasteiger partial charge in [0.1, 0.15) is 0 Å². The molecule has 2 heteroatoms. The van der Waals surface area contributed by atoms with E-state index in [-0.39, 0.29) is 0 Å². The SMILES string of the molecule is C=C/C=C\C(=C)S(C)=O.CCCCC. The molecule has 0 aliphatic rings. The molecule has 0 rings (SSSR count). The fourth-order valence-corrected chi connectivity index (χ4v) is 0.895. The van der Waals surface area contributed by atoms with E-state index in [2.05, 4.69) is 27.0 Å². The average Bonchev–Trinajstić information content (AvgIpc) is 2.16. The summed E-state index contributed by atoms with van der Waals surface area (Å²) in [5, 5.41) is 0. The molecule has 1 atom stereocenters. The zero-order valence-corrected chi connectivity index (χ0v) is 10.4. The van der Waals surface area contributed by atoms with Gasteiger partial charge < -0.3 is 0 Å². The lowest BCUT2D eigenvalue weighted by Gasteiger charge is -1.88. The van der Waals surface area contributed by atoms with Crippen LogP contribution in [0.3, 0.4) is 0 Å². The van der Waals surface area contributed by atoms with Crippen molar-refractivity contribution in [2.75, 3.05) is 6.26 Å². The maximum absolute atomic E-state index is 10.6. The maximum atomic E-state index is 10.6. The van der Waals surface area contributed by atoms with E-state index in [0.29, 0.717) is 4.91 Å². The number of hydrogen-bond acceptors (Lipinski definition) is 1. The van der Waals surface area contributed by atoms with Crippen LogP contribution in [0.1, 0.15) is 33.1 Å². The van der Waals surface area contributed by atoms with Crippen LogP contribution in [-0.2, 0) is 10.8 Å². The summed E-state index contributed by atoms with van der Waals surface area (Å²) in [5.74, 6) is 0. The molecule has 0 spiro atoms. The highest BCUT2D eigenvalue weighted by atomic mass is 32.2. The van der Waals surface area contributed by atoms with Crippen molar-refractivity contribution in [3.05, 3.63) is 36.3 Å². The summed E-state index contributed by atoms with van der Waals surface area (Å²) in [5.41, 5.74) is 0.